The quantitative estimate of drug-likeness (QED) is 0.575. The van der Waals surface area contributed by atoms with Gasteiger partial charge < -0.3 is 9.73 Å². The van der Waals surface area contributed by atoms with Gasteiger partial charge in [-0.1, -0.05) is 24.3 Å². The van der Waals surface area contributed by atoms with Crippen molar-refractivity contribution in [3.05, 3.63) is 72.2 Å². The number of fused-ring (bicyclic) bond motifs is 1. The van der Waals surface area contributed by atoms with Crippen LogP contribution >= 0.6 is 11.3 Å². The number of nitrogens with zero attached hydrogens (tertiary/aromatic N) is 1. The van der Waals surface area contributed by atoms with Crippen molar-refractivity contribution < 1.29 is 13.6 Å². The predicted octanol–water partition coefficient (Wildman–Crippen LogP) is 4.95. The lowest BCUT2D eigenvalue weighted by molar-refractivity contribution is 0.0997. The molecule has 6 heteroatoms. The zero-order valence-corrected chi connectivity index (χ0v) is 13.1. The van der Waals surface area contributed by atoms with Crippen LogP contribution in [0.3, 0.4) is 0 Å². The number of furan rings is 1. The van der Waals surface area contributed by atoms with Crippen LogP contribution < -0.4 is 5.32 Å². The van der Waals surface area contributed by atoms with Crippen LogP contribution in [0.1, 0.15) is 10.6 Å². The molecule has 0 aliphatic rings. The van der Waals surface area contributed by atoms with Crippen molar-refractivity contribution >= 4 is 33.1 Å². The summed E-state index contributed by atoms with van der Waals surface area (Å²) in [6, 6.07) is 17.0. The van der Waals surface area contributed by atoms with E-state index in [1.165, 1.54) is 23.5 Å². The number of hydrogen-bond donors (Lipinski definition) is 1. The maximum atomic E-state index is 13.6. The summed E-state index contributed by atoms with van der Waals surface area (Å²) < 4.78 is 20.2. The van der Waals surface area contributed by atoms with Crippen molar-refractivity contribution in [1.82, 2.24) is 4.98 Å². The molecule has 0 bridgehead atoms. The van der Waals surface area contributed by atoms with E-state index < -0.39 is 11.7 Å². The first-order valence-corrected chi connectivity index (χ1v) is 8.04. The second kappa shape index (κ2) is 5.90. The number of aromatic nitrogens is 1. The zero-order valence-electron chi connectivity index (χ0n) is 12.3. The van der Waals surface area contributed by atoms with Gasteiger partial charge >= 0.3 is 0 Å². The SMILES string of the molecule is O=C(Nc1ccccc1F)c1ccc(-c2nc3ccccc3s2)o1. The third-order valence-corrected chi connectivity index (χ3v) is 4.51. The summed E-state index contributed by atoms with van der Waals surface area (Å²) in [5.74, 6) is -0.390. The highest BCUT2D eigenvalue weighted by Gasteiger charge is 2.16. The maximum absolute atomic E-state index is 13.6. The van der Waals surface area contributed by atoms with Crippen LogP contribution in [-0.2, 0) is 0 Å². The van der Waals surface area contributed by atoms with Crippen LogP contribution in [0.15, 0.2) is 65.1 Å². The van der Waals surface area contributed by atoms with E-state index in [0.29, 0.717) is 10.8 Å². The lowest BCUT2D eigenvalue weighted by Gasteiger charge is -2.03. The molecular formula is C18H11FN2O2S. The number of halogens is 1. The molecule has 4 aromatic rings. The highest BCUT2D eigenvalue weighted by molar-refractivity contribution is 7.21. The second-order valence-corrected chi connectivity index (χ2v) is 6.12. The highest BCUT2D eigenvalue weighted by atomic mass is 32.1. The van der Waals surface area contributed by atoms with Crippen LogP contribution in [0.5, 0.6) is 0 Å². The summed E-state index contributed by atoms with van der Waals surface area (Å²) in [6.45, 7) is 0. The van der Waals surface area contributed by atoms with Crippen molar-refractivity contribution in [2.45, 2.75) is 0 Å². The third-order valence-electron chi connectivity index (χ3n) is 3.46. The van der Waals surface area contributed by atoms with Gasteiger partial charge in [-0.3, -0.25) is 4.79 Å². The van der Waals surface area contributed by atoms with Crippen molar-refractivity contribution in [2.75, 3.05) is 5.32 Å². The number of anilines is 1. The number of thiazole rings is 1. The van der Waals surface area contributed by atoms with Gasteiger partial charge in [0.2, 0.25) is 0 Å². The van der Waals surface area contributed by atoms with E-state index in [-0.39, 0.29) is 11.4 Å². The lowest BCUT2D eigenvalue weighted by Crippen LogP contribution is -2.11. The van der Waals surface area contributed by atoms with Gasteiger partial charge in [0.05, 0.1) is 15.9 Å². The van der Waals surface area contributed by atoms with Gasteiger partial charge in [0.1, 0.15) is 5.82 Å². The molecule has 0 atom stereocenters. The van der Waals surface area contributed by atoms with Crippen LogP contribution in [0.2, 0.25) is 0 Å². The van der Waals surface area contributed by atoms with Gasteiger partial charge in [-0.25, -0.2) is 9.37 Å². The molecule has 0 fully saturated rings. The van der Waals surface area contributed by atoms with E-state index in [2.05, 4.69) is 10.3 Å². The predicted molar refractivity (Wildman–Crippen MR) is 91.7 cm³/mol. The molecule has 1 N–H and O–H groups in total. The minimum Gasteiger partial charge on any atom is -0.448 e. The fraction of sp³-hybridized carbons (Fsp3) is 0. The summed E-state index contributed by atoms with van der Waals surface area (Å²) in [5, 5.41) is 3.19. The Bertz CT molecular complexity index is 1010. The number of carbonyl (C=O) groups is 1. The normalized spacial score (nSPS) is 10.9. The second-order valence-electron chi connectivity index (χ2n) is 5.08. The molecule has 4 nitrogen and oxygen atoms in total. The molecule has 0 radical (unpaired) electrons. The first kappa shape index (κ1) is 14.6. The number of rotatable bonds is 3. The van der Waals surface area contributed by atoms with Crippen LogP contribution in [0, 0.1) is 5.82 Å². The fourth-order valence-corrected chi connectivity index (χ4v) is 3.23. The van der Waals surface area contributed by atoms with E-state index in [9.17, 15) is 9.18 Å². The summed E-state index contributed by atoms with van der Waals surface area (Å²) in [4.78, 5) is 16.7. The first-order chi connectivity index (χ1) is 11.7. The Kier molecular flexibility index (Phi) is 3.59. The molecule has 118 valence electrons. The van der Waals surface area contributed by atoms with Crippen molar-refractivity contribution in [1.29, 1.82) is 0 Å². The number of amides is 1. The Hall–Kier alpha value is -2.99. The number of benzene rings is 2. The van der Waals surface area contributed by atoms with E-state index in [1.54, 1.807) is 24.3 Å². The topological polar surface area (TPSA) is 55.1 Å². The minimum absolute atomic E-state index is 0.104. The first-order valence-electron chi connectivity index (χ1n) is 7.22. The molecule has 0 aliphatic carbocycles. The van der Waals surface area contributed by atoms with Gasteiger partial charge in [-0.15, -0.1) is 11.3 Å². The molecule has 0 spiro atoms. The average molecular weight is 338 g/mol. The number of carbonyl (C=O) groups excluding carboxylic acids is 1. The molecule has 0 saturated carbocycles. The smallest absolute Gasteiger partial charge is 0.291 e. The monoisotopic (exact) mass is 338 g/mol. The Labute approximate surface area is 140 Å². The summed E-state index contributed by atoms with van der Waals surface area (Å²) in [6.07, 6.45) is 0. The number of para-hydroxylation sites is 2. The molecular weight excluding hydrogens is 327 g/mol. The molecule has 2 aromatic heterocycles. The largest absolute Gasteiger partial charge is 0.448 e. The lowest BCUT2D eigenvalue weighted by atomic mass is 10.3. The summed E-state index contributed by atoms with van der Waals surface area (Å²) in [5.41, 5.74) is 0.992. The van der Waals surface area contributed by atoms with Crippen LogP contribution in [0.4, 0.5) is 10.1 Å². The summed E-state index contributed by atoms with van der Waals surface area (Å²) >= 11 is 1.49. The Morgan fingerprint density at radius 1 is 1.04 bits per heavy atom. The van der Waals surface area contributed by atoms with Gasteiger partial charge in [0, 0.05) is 0 Å². The van der Waals surface area contributed by atoms with Gasteiger partial charge in [-0.2, -0.15) is 0 Å². The average Bonchev–Trinajstić information content (AvgIpc) is 3.23. The Morgan fingerprint density at radius 3 is 2.67 bits per heavy atom. The van der Waals surface area contributed by atoms with Crippen molar-refractivity contribution in [3.8, 4) is 10.8 Å². The van der Waals surface area contributed by atoms with Crippen molar-refractivity contribution in [3.63, 3.8) is 0 Å². The molecule has 2 aromatic carbocycles. The standard InChI is InChI=1S/C18H11FN2O2S/c19-11-5-1-2-6-12(11)20-17(22)14-9-10-15(23-14)18-21-13-7-3-4-8-16(13)24-18/h1-10H,(H,20,22). The molecule has 0 aliphatic heterocycles. The fourth-order valence-electron chi connectivity index (χ4n) is 2.30. The molecule has 2 heterocycles. The van der Waals surface area contributed by atoms with Gasteiger partial charge in [0.25, 0.3) is 5.91 Å². The Morgan fingerprint density at radius 2 is 1.83 bits per heavy atom. The van der Waals surface area contributed by atoms with Crippen molar-refractivity contribution in [2.24, 2.45) is 0 Å². The molecule has 1 amide bonds. The van der Waals surface area contributed by atoms with Crippen LogP contribution in [0.25, 0.3) is 21.0 Å². The maximum Gasteiger partial charge on any atom is 0.291 e. The van der Waals surface area contributed by atoms with E-state index in [4.69, 9.17) is 4.42 Å². The third kappa shape index (κ3) is 2.68. The number of hydrogen-bond acceptors (Lipinski definition) is 4. The van der Waals surface area contributed by atoms with E-state index >= 15 is 0 Å². The van der Waals surface area contributed by atoms with E-state index in [1.807, 2.05) is 24.3 Å². The minimum atomic E-state index is -0.507. The highest BCUT2D eigenvalue weighted by Crippen LogP contribution is 2.31. The molecule has 24 heavy (non-hydrogen) atoms. The molecule has 0 unspecified atom stereocenters. The molecule has 0 saturated heterocycles. The Balaban J connectivity index is 1.60. The molecule has 4 rings (SSSR count). The van der Waals surface area contributed by atoms with Gasteiger partial charge in [-0.05, 0) is 36.4 Å². The zero-order chi connectivity index (χ0) is 16.5. The van der Waals surface area contributed by atoms with Crippen LogP contribution in [-0.4, -0.2) is 10.9 Å². The van der Waals surface area contributed by atoms with E-state index in [0.717, 1.165) is 10.2 Å². The van der Waals surface area contributed by atoms with Gasteiger partial charge in [0.15, 0.2) is 16.5 Å². The number of nitrogens with one attached hydrogen (secondary N) is 1. The summed E-state index contributed by atoms with van der Waals surface area (Å²) in [7, 11) is 0.